The van der Waals surface area contributed by atoms with Crippen LogP contribution in [0.2, 0.25) is 0 Å². The van der Waals surface area contributed by atoms with Gasteiger partial charge in [-0.2, -0.15) is 0 Å². The van der Waals surface area contributed by atoms with Crippen LogP contribution in [0.1, 0.15) is 36.1 Å². The lowest BCUT2D eigenvalue weighted by Crippen LogP contribution is -3.05. The zero-order valence-corrected chi connectivity index (χ0v) is 19.9. The number of aryl methyl sites for hydroxylation is 1. The van der Waals surface area contributed by atoms with E-state index in [2.05, 4.69) is 0 Å². The molecule has 0 radical (unpaired) electrons. The fraction of sp³-hybridized carbons (Fsp3) is 0.385. The number of carbonyl (C=O) groups excluding carboxylic acids is 2. The summed E-state index contributed by atoms with van der Waals surface area (Å²) in [6.45, 7) is 5.51. The van der Waals surface area contributed by atoms with E-state index in [0.717, 1.165) is 18.5 Å². The summed E-state index contributed by atoms with van der Waals surface area (Å²) in [5, 5.41) is 13.5. The molecule has 0 saturated carbocycles. The van der Waals surface area contributed by atoms with Crippen LogP contribution >= 0.6 is 0 Å². The molecule has 176 valence electrons. The minimum absolute atomic E-state index is 0.00840. The van der Waals surface area contributed by atoms with Crippen LogP contribution in [0.25, 0.3) is 5.76 Å². The quantitative estimate of drug-likeness (QED) is 0.351. The fourth-order valence-electron chi connectivity index (χ4n) is 4.14. The first-order valence-corrected chi connectivity index (χ1v) is 11.2. The summed E-state index contributed by atoms with van der Waals surface area (Å²) in [7, 11) is 5.63. The van der Waals surface area contributed by atoms with Gasteiger partial charge in [-0.05, 0) is 54.8 Å². The summed E-state index contributed by atoms with van der Waals surface area (Å²) >= 11 is 0. The van der Waals surface area contributed by atoms with Crippen molar-refractivity contribution in [3.8, 4) is 11.5 Å². The van der Waals surface area contributed by atoms with Gasteiger partial charge in [0.2, 0.25) is 5.78 Å². The summed E-state index contributed by atoms with van der Waals surface area (Å²) in [5.41, 5.74) is 1.85. The number of Topliss-reactive ketones (excluding diaryl/α,β-unsaturated/α-hetero) is 1. The number of benzene rings is 2. The molecule has 1 N–H and O–H groups in total. The second-order valence-electron chi connectivity index (χ2n) is 8.47. The molecule has 1 aliphatic rings. The first kappa shape index (κ1) is 24.3. The molecule has 33 heavy (non-hydrogen) atoms. The van der Waals surface area contributed by atoms with Gasteiger partial charge in [0.25, 0.3) is 5.91 Å². The Hall–Kier alpha value is -3.32. The third kappa shape index (κ3) is 5.20. The van der Waals surface area contributed by atoms with E-state index in [1.54, 1.807) is 37.4 Å². The van der Waals surface area contributed by atoms with Crippen LogP contribution in [-0.2, 0) is 9.59 Å². The van der Waals surface area contributed by atoms with Crippen LogP contribution < -0.4 is 19.5 Å². The van der Waals surface area contributed by atoms with Gasteiger partial charge in [-0.25, -0.2) is 0 Å². The van der Waals surface area contributed by atoms with Gasteiger partial charge in [-0.3, -0.25) is 9.59 Å². The lowest BCUT2D eigenvalue weighted by Gasteiger charge is -2.28. The Bertz CT molecular complexity index is 1040. The number of quaternary nitrogens is 1. The van der Waals surface area contributed by atoms with Crippen molar-refractivity contribution in [2.24, 2.45) is 0 Å². The smallest absolute Gasteiger partial charge is 0.295 e. The number of nitrogens with one attached hydrogen (secondary N) is 1. The van der Waals surface area contributed by atoms with Crippen molar-refractivity contribution in [1.82, 2.24) is 4.90 Å². The number of nitrogens with zero attached hydrogens (tertiary/aromatic N) is 1. The molecule has 0 spiro atoms. The zero-order valence-electron chi connectivity index (χ0n) is 19.9. The summed E-state index contributed by atoms with van der Waals surface area (Å²) < 4.78 is 10.8. The summed E-state index contributed by atoms with van der Waals surface area (Å²) in [6, 6.07) is 11.5. The third-order valence-corrected chi connectivity index (χ3v) is 5.77. The van der Waals surface area contributed by atoms with Crippen molar-refractivity contribution in [3.63, 3.8) is 0 Å². The molecule has 1 atom stereocenters. The maximum Gasteiger partial charge on any atom is 0.295 e. The molecule has 3 rings (SSSR count). The Morgan fingerprint density at radius 2 is 1.82 bits per heavy atom. The van der Waals surface area contributed by atoms with Crippen LogP contribution in [-0.4, -0.2) is 57.5 Å². The second kappa shape index (κ2) is 10.5. The molecule has 7 nitrogen and oxygen atoms in total. The minimum Gasteiger partial charge on any atom is -0.872 e. The molecule has 0 bridgehead atoms. The second-order valence-corrected chi connectivity index (χ2v) is 8.47. The number of ether oxygens (including phenoxy) is 2. The summed E-state index contributed by atoms with van der Waals surface area (Å²) in [5.74, 6) is -0.445. The number of methoxy groups -OCH3 is 1. The van der Waals surface area contributed by atoms with E-state index in [9.17, 15) is 14.7 Å². The molecule has 7 heteroatoms. The predicted molar refractivity (Wildman–Crippen MR) is 124 cm³/mol. The number of carbonyl (C=O) groups is 2. The third-order valence-electron chi connectivity index (χ3n) is 5.77. The number of likely N-dealkylation sites (tertiary alicyclic amines) is 1. The highest BCUT2D eigenvalue weighted by atomic mass is 16.5. The summed E-state index contributed by atoms with van der Waals surface area (Å²) in [6.07, 6.45) is 0.720. The molecule has 1 amide bonds. The molecule has 1 saturated heterocycles. The van der Waals surface area contributed by atoms with E-state index < -0.39 is 23.5 Å². The van der Waals surface area contributed by atoms with E-state index >= 15 is 0 Å². The maximum atomic E-state index is 13.5. The van der Waals surface area contributed by atoms with Gasteiger partial charge in [-0.15, -0.1) is 0 Å². The highest BCUT2D eigenvalue weighted by molar-refractivity contribution is 6.46. The average Bonchev–Trinajstić information content (AvgIpc) is 3.04. The van der Waals surface area contributed by atoms with Crippen molar-refractivity contribution < 1.29 is 29.1 Å². The van der Waals surface area contributed by atoms with Gasteiger partial charge < -0.3 is 24.4 Å². The molecule has 1 aliphatic heterocycles. The standard InChI is InChI=1S/C26H32N2O5/c1-6-33-20-11-8-18(9-12-20)23-22(24(29)19-10-13-21(32-5)17(2)16-19)25(30)26(31)28(23)15-7-14-27(3)4/h8-13,16,23,29H,6-7,14-15H2,1-5H3/b24-22+. The zero-order chi connectivity index (χ0) is 24.1. The summed E-state index contributed by atoms with van der Waals surface area (Å²) in [4.78, 5) is 28.9. The minimum atomic E-state index is -0.732. The van der Waals surface area contributed by atoms with Crippen molar-refractivity contribution in [1.29, 1.82) is 0 Å². The average molecular weight is 453 g/mol. The number of hydrogen-bond acceptors (Lipinski definition) is 5. The molecule has 1 heterocycles. The van der Waals surface area contributed by atoms with Crippen LogP contribution in [0.4, 0.5) is 0 Å². The van der Waals surface area contributed by atoms with Crippen molar-refractivity contribution >= 4 is 17.4 Å². The van der Waals surface area contributed by atoms with Crippen LogP contribution in [0.15, 0.2) is 48.0 Å². The molecule has 1 unspecified atom stereocenters. The molecule has 1 fully saturated rings. The molecule has 2 aromatic rings. The first-order chi connectivity index (χ1) is 15.8. The normalized spacial score (nSPS) is 17.6. The van der Waals surface area contributed by atoms with Crippen molar-refractivity contribution in [2.75, 3.05) is 40.9 Å². The van der Waals surface area contributed by atoms with E-state index in [1.807, 2.05) is 40.1 Å². The van der Waals surface area contributed by atoms with Crippen molar-refractivity contribution in [2.45, 2.75) is 26.3 Å². The number of hydrogen-bond donors (Lipinski definition) is 1. The Labute approximate surface area is 195 Å². The van der Waals surface area contributed by atoms with Crippen LogP contribution in [0.5, 0.6) is 11.5 Å². The van der Waals surface area contributed by atoms with E-state index in [-0.39, 0.29) is 5.57 Å². The lowest BCUT2D eigenvalue weighted by atomic mass is 9.94. The first-order valence-electron chi connectivity index (χ1n) is 11.2. The van der Waals surface area contributed by atoms with E-state index in [0.29, 0.717) is 35.8 Å². The fourth-order valence-corrected chi connectivity index (χ4v) is 4.14. The SMILES string of the molecule is CCOc1ccc(C2/C(=C(\[O-])c3ccc(OC)c(C)c3)C(=O)C(=O)N2CCC[NH+](C)C)cc1. The Kier molecular flexibility index (Phi) is 7.76. The van der Waals surface area contributed by atoms with Gasteiger partial charge >= 0.3 is 0 Å². The van der Waals surface area contributed by atoms with Gasteiger partial charge in [0, 0.05) is 18.5 Å². The van der Waals surface area contributed by atoms with Gasteiger partial charge in [0.05, 0.1) is 40.4 Å². The van der Waals surface area contributed by atoms with Gasteiger partial charge in [0.15, 0.2) is 0 Å². The van der Waals surface area contributed by atoms with Gasteiger partial charge in [-0.1, -0.05) is 24.0 Å². The van der Waals surface area contributed by atoms with Crippen LogP contribution in [0.3, 0.4) is 0 Å². The topological polar surface area (TPSA) is 83.3 Å². The predicted octanol–water partition coefficient (Wildman–Crippen LogP) is 1.16. The number of ketones is 1. The Morgan fingerprint density at radius 3 is 2.39 bits per heavy atom. The highest BCUT2D eigenvalue weighted by Crippen LogP contribution is 2.39. The number of rotatable bonds is 9. The molecular formula is C26H32N2O5. The van der Waals surface area contributed by atoms with Gasteiger partial charge in [0.1, 0.15) is 11.5 Å². The monoisotopic (exact) mass is 452 g/mol. The Morgan fingerprint density at radius 1 is 1.12 bits per heavy atom. The van der Waals surface area contributed by atoms with E-state index in [1.165, 1.54) is 9.80 Å². The maximum absolute atomic E-state index is 13.5. The number of amides is 1. The van der Waals surface area contributed by atoms with Crippen LogP contribution in [0, 0.1) is 6.92 Å². The van der Waals surface area contributed by atoms with Crippen molar-refractivity contribution in [3.05, 3.63) is 64.7 Å². The lowest BCUT2D eigenvalue weighted by molar-refractivity contribution is -0.858. The molecule has 0 aliphatic carbocycles. The molecule has 2 aromatic carbocycles. The molecular weight excluding hydrogens is 420 g/mol. The Balaban J connectivity index is 2.08. The van der Waals surface area contributed by atoms with E-state index in [4.69, 9.17) is 9.47 Å². The largest absolute Gasteiger partial charge is 0.872 e. The molecule has 0 aromatic heterocycles. The highest BCUT2D eigenvalue weighted by Gasteiger charge is 2.44.